The van der Waals surface area contributed by atoms with Crippen molar-refractivity contribution < 1.29 is 9.53 Å². The van der Waals surface area contributed by atoms with Crippen LogP contribution in [0.25, 0.3) is 0 Å². The van der Waals surface area contributed by atoms with Gasteiger partial charge in [0.1, 0.15) is 6.10 Å². The highest BCUT2D eigenvalue weighted by Crippen LogP contribution is 2.33. The molecule has 2 atom stereocenters. The Hall–Kier alpha value is -0.570. The van der Waals surface area contributed by atoms with Crippen LogP contribution in [-0.4, -0.2) is 36.1 Å². The van der Waals surface area contributed by atoms with Crippen molar-refractivity contribution in [3.05, 3.63) is 0 Å². The average Bonchev–Trinajstić information content (AvgIpc) is 2.72. The van der Waals surface area contributed by atoms with Crippen LogP contribution in [0.4, 0.5) is 0 Å². The molecule has 1 heterocycles. The molecular weight excluding hydrogens is 370 g/mol. The Morgan fingerprint density at radius 2 is 1.27 bits per heavy atom. The first-order chi connectivity index (χ1) is 14.4. The van der Waals surface area contributed by atoms with Crippen molar-refractivity contribution in [2.45, 2.75) is 148 Å². The number of carbonyl (C=O) groups is 1. The van der Waals surface area contributed by atoms with E-state index in [1.807, 2.05) is 0 Å². The molecule has 0 saturated carbocycles. The molecular formula is C27H53NO2. The molecule has 0 aromatic rings. The molecule has 0 amide bonds. The summed E-state index contributed by atoms with van der Waals surface area (Å²) in [7, 11) is 2.17. The van der Waals surface area contributed by atoms with Gasteiger partial charge in [0.05, 0.1) is 0 Å². The molecule has 1 fully saturated rings. The van der Waals surface area contributed by atoms with E-state index in [2.05, 4.69) is 39.6 Å². The summed E-state index contributed by atoms with van der Waals surface area (Å²) in [4.78, 5) is 14.6. The Labute approximate surface area is 188 Å². The van der Waals surface area contributed by atoms with Gasteiger partial charge in [-0.1, -0.05) is 104 Å². The third kappa shape index (κ3) is 11.2. The SMILES string of the molecule is CCCCCCCCCCCCCCCCCC(=O)OC1CCN(C)C(C)(C)C1C. The largest absolute Gasteiger partial charge is 0.462 e. The molecule has 0 N–H and O–H groups in total. The minimum atomic E-state index is 0.0156. The molecule has 3 nitrogen and oxygen atoms in total. The summed E-state index contributed by atoms with van der Waals surface area (Å²) in [6.45, 7) is 10.0. The van der Waals surface area contributed by atoms with Gasteiger partial charge in [-0.3, -0.25) is 4.79 Å². The monoisotopic (exact) mass is 423 g/mol. The molecule has 0 aromatic heterocycles. The molecule has 0 aliphatic carbocycles. The first kappa shape index (κ1) is 27.5. The van der Waals surface area contributed by atoms with Crippen LogP contribution in [0.15, 0.2) is 0 Å². The summed E-state index contributed by atoms with van der Waals surface area (Å²) in [6.07, 6.45) is 21.9. The molecule has 0 spiro atoms. The van der Waals surface area contributed by atoms with Crippen molar-refractivity contribution >= 4 is 5.97 Å². The van der Waals surface area contributed by atoms with Gasteiger partial charge in [0.15, 0.2) is 0 Å². The Kier molecular flexibility index (Phi) is 14.8. The van der Waals surface area contributed by atoms with Crippen molar-refractivity contribution in [2.75, 3.05) is 13.6 Å². The number of piperidine rings is 1. The fourth-order valence-corrected chi connectivity index (χ4v) is 4.69. The van der Waals surface area contributed by atoms with E-state index in [1.54, 1.807) is 0 Å². The van der Waals surface area contributed by atoms with E-state index in [1.165, 1.54) is 89.9 Å². The molecule has 0 bridgehead atoms. The quantitative estimate of drug-likeness (QED) is 0.176. The van der Waals surface area contributed by atoms with Crippen molar-refractivity contribution in [1.82, 2.24) is 4.90 Å². The van der Waals surface area contributed by atoms with E-state index in [4.69, 9.17) is 4.74 Å². The van der Waals surface area contributed by atoms with Gasteiger partial charge in [-0.2, -0.15) is 0 Å². The summed E-state index contributed by atoms with van der Waals surface area (Å²) in [5.41, 5.74) is 0.0951. The number of esters is 1. The van der Waals surface area contributed by atoms with Crippen molar-refractivity contribution in [3.63, 3.8) is 0 Å². The van der Waals surface area contributed by atoms with Gasteiger partial charge >= 0.3 is 5.97 Å². The lowest BCUT2D eigenvalue weighted by molar-refractivity contribution is -0.159. The number of nitrogens with zero attached hydrogens (tertiary/aromatic N) is 1. The standard InChI is InChI=1S/C27H53NO2/c1-6-7-8-9-10-11-12-13-14-15-16-17-18-19-20-21-26(29)30-25-22-23-28(5)27(3,4)24(25)2/h24-25H,6-23H2,1-5H3. The van der Waals surface area contributed by atoms with Crippen LogP contribution in [-0.2, 0) is 9.53 Å². The summed E-state index contributed by atoms with van der Waals surface area (Å²) < 4.78 is 5.84. The van der Waals surface area contributed by atoms with Gasteiger partial charge < -0.3 is 9.64 Å². The average molecular weight is 424 g/mol. The summed E-state index contributed by atoms with van der Waals surface area (Å²) in [5, 5.41) is 0. The third-order valence-electron chi connectivity index (χ3n) is 7.67. The maximum Gasteiger partial charge on any atom is 0.306 e. The van der Waals surface area contributed by atoms with Crippen LogP contribution < -0.4 is 0 Å². The fraction of sp³-hybridized carbons (Fsp3) is 0.963. The Bertz CT molecular complexity index is 435. The van der Waals surface area contributed by atoms with Crippen molar-refractivity contribution in [1.29, 1.82) is 0 Å². The van der Waals surface area contributed by atoms with E-state index in [0.717, 1.165) is 19.4 Å². The van der Waals surface area contributed by atoms with Crippen molar-refractivity contribution in [3.8, 4) is 0 Å². The van der Waals surface area contributed by atoms with Gasteiger partial charge in [-0.15, -0.1) is 0 Å². The lowest BCUT2D eigenvalue weighted by atomic mass is 9.79. The lowest BCUT2D eigenvalue weighted by Gasteiger charge is -2.48. The van der Waals surface area contributed by atoms with Gasteiger partial charge in [-0.05, 0) is 33.7 Å². The highest BCUT2D eigenvalue weighted by atomic mass is 16.5. The number of rotatable bonds is 17. The lowest BCUT2D eigenvalue weighted by Crippen LogP contribution is -2.56. The molecule has 0 radical (unpaired) electrons. The summed E-state index contributed by atoms with van der Waals surface area (Å²) in [5.74, 6) is 0.392. The van der Waals surface area contributed by atoms with Crippen LogP contribution in [0.1, 0.15) is 137 Å². The van der Waals surface area contributed by atoms with Gasteiger partial charge in [0.25, 0.3) is 0 Å². The third-order valence-corrected chi connectivity index (χ3v) is 7.67. The van der Waals surface area contributed by atoms with Crippen LogP contribution >= 0.6 is 0 Å². The van der Waals surface area contributed by atoms with E-state index >= 15 is 0 Å². The van der Waals surface area contributed by atoms with Crippen LogP contribution in [0.2, 0.25) is 0 Å². The molecule has 2 unspecified atom stereocenters. The second kappa shape index (κ2) is 16.1. The molecule has 0 aromatic carbocycles. The predicted octanol–water partition coefficient (Wildman–Crippen LogP) is 7.91. The van der Waals surface area contributed by atoms with E-state index in [-0.39, 0.29) is 17.6 Å². The Morgan fingerprint density at radius 3 is 1.73 bits per heavy atom. The highest BCUT2D eigenvalue weighted by molar-refractivity contribution is 5.69. The van der Waals surface area contributed by atoms with Gasteiger partial charge in [0, 0.05) is 24.4 Å². The molecule has 3 heteroatoms. The maximum absolute atomic E-state index is 12.2. The molecule has 1 rings (SSSR count). The minimum Gasteiger partial charge on any atom is -0.462 e. The normalized spacial score (nSPS) is 21.6. The highest BCUT2D eigenvalue weighted by Gasteiger charge is 2.41. The fourth-order valence-electron chi connectivity index (χ4n) is 4.69. The first-order valence-electron chi connectivity index (χ1n) is 13.3. The Morgan fingerprint density at radius 1 is 0.833 bits per heavy atom. The van der Waals surface area contributed by atoms with Crippen LogP contribution in [0, 0.1) is 5.92 Å². The van der Waals surface area contributed by atoms with E-state index in [0.29, 0.717) is 12.3 Å². The first-order valence-corrected chi connectivity index (χ1v) is 13.3. The van der Waals surface area contributed by atoms with E-state index < -0.39 is 0 Å². The van der Waals surface area contributed by atoms with Gasteiger partial charge in [-0.25, -0.2) is 0 Å². The van der Waals surface area contributed by atoms with Gasteiger partial charge in [0.2, 0.25) is 0 Å². The summed E-state index contributed by atoms with van der Waals surface area (Å²) >= 11 is 0. The summed E-state index contributed by atoms with van der Waals surface area (Å²) in [6, 6.07) is 0. The van der Waals surface area contributed by atoms with Crippen LogP contribution in [0.5, 0.6) is 0 Å². The zero-order valence-corrected chi connectivity index (χ0v) is 21.1. The predicted molar refractivity (Wildman–Crippen MR) is 130 cm³/mol. The molecule has 1 saturated heterocycles. The number of carbonyl (C=O) groups excluding carboxylic acids is 1. The second-order valence-electron chi connectivity index (χ2n) is 10.4. The number of hydrogen-bond donors (Lipinski definition) is 0. The molecule has 30 heavy (non-hydrogen) atoms. The topological polar surface area (TPSA) is 29.5 Å². The second-order valence-corrected chi connectivity index (χ2v) is 10.4. The zero-order chi connectivity index (χ0) is 22.2. The van der Waals surface area contributed by atoms with E-state index in [9.17, 15) is 4.79 Å². The molecule has 1 aliphatic rings. The maximum atomic E-state index is 12.2. The smallest absolute Gasteiger partial charge is 0.306 e. The number of unbranched alkanes of at least 4 members (excludes halogenated alkanes) is 14. The zero-order valence-electron chi connectivity index (χ0n) is 21.1. The number of hydrogen-bond acceptors (Lipinski definition) is 3. The molecule has 1 aliphatic heterocycles. The van der Waals surface area contributed by atoms with Crippen molar-refractivity contribution in [2.24, 2.45) is 5.92 Å². The Balaban J connectivity index is 1.91. The number of likely N-dealkylation sites (tertiary alicyclic amines) is 1. The van der Waals surface area contributed by atoms with Crippen LogP contribution in [0.3, 0.4) is 0 Å². The minimum absolute atomic E-state index is 0.0156. The molecule has 178 valence electrons. The number of ether oxygens (including phenoxy) is 1.